The average Bonchev–Trinajstić information content (AvgIpc) is 3.38. The van der Waals surface area contributed by atoms with E-state index < -0.39 is 12.1 Å². The molecule has 0 aliphatic carbocycles. The third-order valence-corrected chi connectivity index (χ3v) is 14.9. The summed E-state index contributed by atoms with van der Waals surface area (Å²) in [5.74, 6) is -0.0444. The largest absolute Gasteiger partial charge is 0.466 e. The van der Waals surface area contributed by atoms with Crippen LogP contribution in [-0.2, 0) is 14.3 Å². The van der Waals surface area contributed by atoms with Gasteiger partial charge in [0.1, 0.15) is 0 Å². The first-order valence-electron chi connectivity index (χ1n) is 32.2. The van der Waals surface area contributed by atoms with Gasteiger partial charge in [-0.05, 0) is 77.0 Å². The van der Waals surface area contributed by atoms with Crippen LogP contribution in [0.2, 0.25) is 0 Å². The van der Waals surface area contributed by atoms with E-state index in [9.17, 15) is 19.8 Å². The number of hydrogen-bond donors (Lipinski definition) is 3. The molecule has 0 saturated heterocycles. The molecule has 0 aliphatic rings. The van der Waals surface area contributed by atoms with Crippen LogP contribution >= 0.6 is 0 Å². The Balaban J connectivity index is 3.43. The van der Waals surface area contributed by atoms with Gasteiger partial charge in [-0.15, -0.1) is 0 Å². The number of esters is 1. The van der Waals surface area contributed by atoms with Crippen molar-refractivity contribution >= 4 is 11.9 Å². The van der Waals surface area contributed by atoms with Crippen molar-refractivity contribution in [3.63, 3.8) is 0 Å². The Morgan fingerprint density at radius 3 is 1.12 bits per heavy atom. The lowest BCUT2D eigenvalue weighted by Crippen LogP contribution is -2.45. The van der Waals surface area contributed by atoms with Crippen LogP contribution in [0.5, 0.6) is 0 Å². The number of aliphatic hydroxyl groups is 2. The van der Waals surface area contributed by atoms with Gasteiger partial charge in [0.2, 0.25) is 5.91 Å². The van der Waals surface area contributed by atoms with Gasteiger partial charge in [0.25, 0.3) is 0 Å². The van der Waals surface area contributed by atoms with Crippen molar-refractivity contribution in [3.8, 4) is 0 Å². The molecular formula is C66H125NO5. The SMILES string of the molecule is CCC/C=C\C/C=C\CCCCCCCC(=O)OCCCCCCCCCCCCC/C=C\CCCCCCCCCC(=O)NC(CO)C(O)CCCCCCCCCCCCCCCCCCCCCC. The smallest absolute Gasteiger partial charge is 0.305 e. The van der Waals surface area contributed by atoms with Gasteiger partial charge in [-0.1, -0.05) is 294 Å². The number of ether oxygens (including phenoxy) is 1. The van der Waals surface area contributed by atoms with Gasteiger partial charge in [0.05, 0.1) is 25.4 Å². The van der Waals surface area contributed by atoms with Gasteiger partial charge in [-0.3, -0.25) is 9.59 Å². The minimum absolute atomic E-state index is 0.00514. The van der Waals surface area contributed by atoms with E-state index in [2.05, 4.69) is 55.6 Å². The highest BCUT2D eigenvalue weighted by Gasteiger charge is 2.20. The number of nitrogens with one attached hydrogen (secondary N) is 1. The molecule has 72 heavy (non-hydrogen) atoms. The van der Waals surface area contributed by atoms with Crippen LogP contribution in [0.15, 0.2) is 36.5 Å². The third-order valence-electron chi connectivity index (χ3n) is 14.9. The summed E-state index contributed by atoms with van der Waals surface area (Å²) in [6.45, 7) is 4.90. The molecule has 2 atom stereocenters. The van der Waals surface area contributed by atoms with Gasteiger partial charge < -0.3 is 20.3 Å². The van der Waals surface area contributed by atoms with Gasteiger partial charge in [0, 0.05) is 12.8 Å². The van der Waals surface area contributed by atoms with Crippen molar-refractivity contribution < 1.29 is 24.5 Å². The minimum Gasteiger partial charge on any atom is -0.466 e. The van der Waals surface area contributed by atoms with E-state index in [1.54, 1.807) is 0 Å². The summed E-state index contributed by atoms with van der Waals surface area (Å²) < 4.78 is 5.47. The summed E-state index contributed by atoms with van der Waals surface area (Å²) in [6, 6.07) is -0.548. The summed E-state index contributed by atoms with van der Waals surface area (Å²) in [7, 11) is 0. The van der Waals surface area contributed by atoms with Crippen molar-refractivity contribution in [1.82, 2.24) is 5.32 Å². The Hall–Kier alpha value is -1.92. The maximum absolute atomic E-state index is 12.5. The first-order chi connectivity index (χ1) is 35.5. The summed E-state index contributed by atoms with van der Waals surface area (Å²) in [5, 5.41) is 23.4. The summed E-state index contributed by atoms with van der Waals surface area (Å²) in [4.78, 5) is 24.5. The van der Waals surface area contributed by atoms with E-state index in [0.717, 1.165) is 51.4 Å². The highest BCUT2D eigenvalue weighted by Crippen LogP contribution is 2.18. The fourth-order valence-corrected chi connectivity index (χ4v) is 9.97. The van der Waals surface area contributed by atoms with Crippen molar-refractivity contribution in [1.29, 1.82) is 0 Å². The second-order valence-electron chi connectivity index (χ2n) is 22.1. The second-order valence-corrected chi connectivity index (χ2v) is 22.1. The van der Waals surface area contributed by atoms with Gasteiger partial charge >= 0.3 is 5.97 Å². The van der Waals surface area contributed by atoms with Crippen molar-refractivity contribution in [2.24, 2.45) is 0 Å². The quantitative estimate of drug-likeness (QED) is 0.0320. The maximum atomic E-state index is 12.5. The number of hydrogen-bond acceptors (Lipinski definition) is 5. The maximum Gasteiger partial charge on any atom is 0.305 e. The zero-order valence-corrected chi connectivity index (χ0v) is 48.4. The predicted octanol–water partition coefficient (Wildman–Crippen LogP) is 20.4. The molecule has 6 nitrogen and oxygen atoms in total. The minimum atomic E-state index is -0.670. The Morgan fingerprint density at radius 2 is 0.722 bits per heavy atom. The highest BCUT2D eigenvalue weighted by molar-refractivity contribution is 5.76. The van der Waals surface area contributed by atoms with E-state index in [1.807, 2.05) is 0 Å². The molecule has 0 spiro atoms. The van der Waals surface area contributed by atoms with E-state index in [-0.39, 0.29) is 18.5 Å². The molecule has 0 aromatic heterocycles. The molecule has 3 N–H and O–H groups in total. The molecule has 0 radical (unpaired) electrons. The highest BCUT2D eigenvalue weighted by atomic mass is 16.5. The van der Waals surface area contributed by atoms with Gasteiger partial charge in [-0.25, -0.2) is 0 Å². The van der Waals surface area contributed by atoms with Crippen LogP contribution in [0.4, 0.5) is 0 Å². The monoisotopic (exact) mass is 1010 g/mol. The molecular weight excluding hydrogens is 887 g/mol. The number of unbranched alkanes of at least 4 members (excludes halogenated alkanes) is 43. The van der Waals surface area contributed by atoms with E-state index in [4.69, 9.17) is 4.74 Å². The Kier molecular flexibility index (Phi) is 60.0. The van der Waals surface area contributed by atoms with E-state index >= 15 is 0 Å². The molecule has 0 aromatic carbocycles. The molecule has 0 heterocycles. The molecule has 0 fully saturated rings. The van der Waals surface area contributed by atoms with Crippen LogP contribution in [-0.4, -0.2) is 47.4 Å². The number of aliphatic hydroxyl groups excluding tert-OH is 2. The molecule has 424 valence electrons. The molecule has 0 aromatic rings. The normalized spacial score (nSPS) is 12.8. The van der Waals surface area contributed by atoms with E-state index in [0.29, 0.717) is 25.9 Å². The van der Waals surface area contributed by atoms with Gasteiger partial charge in [0.15, 0.2) is 0 Å². The fraction of sp³-hybridized carbons (Fsp3) is 0.879. The first-order valence-corrected chi connectivity index (χ1v) is 32.2. The zero-order valence-electron chi connectivity index (χ0n) is 48.4. The van der Waals surface area contributed by atoms with Crippen LogP contribution in [0.1, 0.15) is 348 Å². The van der Waals surface area contributed by atoms with Gasteiger partial charge in [-0.2, -0.15) is 0 Å². The number of carbonyl (C=O) groups excluding carboxylic acids is 2. The van der Waals surface area contributed by atoms with Crippen LogP contribution < -0.4 is 5.32 Å². The lowest BCUT2D eigenvalue weighted by molar-refractivity contribution is -0.143. The predicted molar refractivity (Wildman–Crippen MR) is 315 cm³/mol. The molecule has 0 aliphatic heterocycles. The zero-order chi connectivity index (χ0) is 52.2. The third kappa shape index (κ3) is 57.4. The summed E-state index contributed by atoms with van der Waals surface area (Å²) in [6.07, 6.45) is 77.3. The summed E-state index contributed by atoms with van der Waals surface area (Å²) >= 11 is 0. The van der Waals surface area contributed by atoms with Crippen molar-refractivity contribution in [3.05, 3.63) is 36.5 Å². The molecule has 1 amide bonds. The number of allylic oxidation sites excluding steroid dienone is 6. The number of rotatable bonds is 60. The van der Waals surface area contributed by atoms with Crippen molar-refractivity contribution in [2.75, 3.05) is 13.2 Å². The lowest BCUT2D eigenvalue weighted by atomic mass is 10.0. The standard InChI is InChI=1S/C66H125NO5/c1-3-5-7-9-11-13-15-17-18-19-20-25-28-31-35-38-42-46-50-54-58-64(69)63(62-68)67-65(70)59-55-51-47-43-39-36-32-29-26-23-21-22-24-27-30-33-37-41-45-49-53-57-61-72-66(71)60-56-52-48-44-40-34-16-14-12-10-8-6-4-2/h8,10,14,16,23,26,63-64,68-69H,3-7,9,11-13,15,17-22,24-25,27-62H2,1-2H3,(H,67,70)/b10-8-,16-14-,26-23-. The Bertz CT molecular complexity index is 1170. The lowest BCUT2D eigenvalue weighted by Gasteiger charge is -2.22. The van der Waals surface area contributed by atoms with Crippen molar-refractivity contribution in [2.45, 2.75) is 360 Å². The second kappa shape index (κ2) is 61.6. The fourth-order valence-electron chi connectivity index (χ4n) is 9.97. The average molecular weight is 1010 g/mol. The number of carbonyl (C=O) groups is 2. The molecule has 2 unspecified atom stereocenters. The van der Waals surface area contributed by atoms with Crippen LogP contribution in [0.25, 0.3) is 0 Å². The Labute approximate surface area is 449 Å². The molecule has 0 rings (SSSR count). The van der Waals surface area contributed by atoms with Crippen LogP contribution in [0, 0.1) is 0 Å². The molecule has 0 saturated carbocycles. The van der Waals surface area contributed by atoms with E-state index in [1.165, 1.54) is 263 Å². The topological polar surface area (TPSA) is 95.9 Å². The Morgan fingerprint density at radius 1 is 0.389 bits per heavy atom. The first kappa shape index (κ1) is 70.1. The summed E-state index contributed by atoms with van der Waals surface area (Å²) in [5.41, 5.74) is 0. The number of amides is 1. The van der Waals surface area contributed by atoms with Crippen LogP contribution in [0.3, 0.4) is 0 Å². The molecule has 6 heteroatoms. The molecule has 0 bridgehead atoms.